The molecule has 1 amide bonds. The van der Waals surface area contributed by atoms with E-state index in [0.717, 1.165) is 23.4 Å². The number of methoxy groups -OCH3 is 1. The van der Waals surface area contributed by atoms with Crippen LogP contribution in [0.5, 0.6) is 5.75 Å². The number of aromatic nitrogens is 3. The Morgan fingerprint density at radius 2 is 1.84 bits per heavy atom. The Morgan fingerprint density at radius 1 is 1.11 bits per heavy atom. The van der Waals surface area contributed by atoms with Gasteiger partial charge in [0.2, 0.25) is 5.91 Å². The second-order valence-electron chi connectivity index (χ2n) is 9.42. The molecule has 2 aromatic carbocycles. The maximum atomic E-state index is 13.5. The summed E-state index contributed by atoms with van der Waals surface area (Å²) in [5, 5.41) is 10.6. The molecule has 7 nitrogen and oxygen atoms in total. The number of rotatable bonds is 7. The van der Waals surface area contributed by atoms with Gasteiger partial charge in [0.05, 0.1) is 29.5 Å². The van der Waals surface area contributed by atoms with Gasteiger partial charge in [-0.3, -0.25) is 14.9 Å². The molecule has 0 spiro atoms. The average molecular weight is 522 g/mol. The molecule has 4 aromatic rings. The van der Waals surface area contributed by atoms with Gasteiger partial charge in [-0.05, 0) is 73.5 Å². The van der Waals surface area contributed by atoms with Gasteiger partial charge in [-0.1, -0.05) is 12.1 Å². The standard InChI is InChI=1S/C28H26F3N5O2/c1-27(13-15-36(26(27)37)17-18-5-11-21(38-2)12-6-18)24-16-23(34-35-24)25-22(4-3-14-32-25)33-20-9-7-19(8-10-20)28(29,30)31/h3-12,14,16,33H,13,15,17H2,1-2H3,(H,34,35). The second kappa shape index (κ2) is 9.85. The first-order valence-corrected chi connectivity index (χ1v) is 12.1. The molecule has 1 aliphatic rings. The van der Waals surface area contributed by atoms with Crippen molar-refractivity contribution < 1.29 is 22.7 Å². The predicted octanol–water partition coefficient (Wildman–Crippen LogP) is 5.93. The van der Waals surface area contributed by atoms with Crippen LogP contribution < -0.4 is 10.1 Å². The lowest BCUT2D eigenvalue weighted by Crippen LogP contribution is -2.35. The Hall–Kier alpha value is -4.34. The number of anilines is 2. The van der Waals surface area contributed by atoms with Gasteiger partial charge in [-0.15, -0.1) is 0 Å². The highest BCUT2D eigenvalue weighted by Gasteiger charge is 2.45. The van der Waals surface area contributed by atoms with E-state index in [1.165, 1.54) is 12.1 Å². The molecule has 1 atom stereocenters. The molecule has 10 heteroatoms. The van der Waals surface area contributed by atoms with Crippen LogP contribution in [-0.2, 0) is 22.9 Å². The van der Waals surface area contributed by atoms with Crippen LogP contribution in [0.15, 0.2) is 72.9 Å². The molecule has 2 N–H and O–H groups in total. The summed E-state index contributed by atoms with van der Waals surface area (Å²) in [6.45, 7) is 3.02. The number of ether oxygens (including phenoxy) is 1. The number of benzene rings is 2. The van der Waals surface area contributed by atoms with E-state index in [9.17, 15) is 18.0 Å². The molecule has 1 saturated heterocycles. The Balaban J connectivity index is 1.34. The number of H-pyrrole nitrogens is 1. The van der Waals surface area contributed by atoms with Crippen molar-refractivity contribution in [3.05, 3.63) is 89.7 Å². The lowest BCUT2D eigenvalue weighted by Gasteiger charge is -2.22. The SMILES string of the molecule is COc1ccc(CN2CCC(C)(c3cc(-c4ncccc4Nc4ccc(C(F)(F)F)cc4)n[nH]3)C2=O)cc1. The van der Waals surface area contributed by atoms with Crippen molar-refractivity contribution in [3.63, 3.8) is 0 Å². The molecule has 3 heterocycles. The van der Waals surface area contributed by atoms with Gasteiger partial charge in [0, 0.05) is 25.0 Å². The number of aromatic amines is 1. The summed E-state index contributed by atoms with van der Waals surface area (Å²) in [6.07, 6.45) is -2.16. The largest absolute Gasteiger partial charge is 0.497 e. The van der Waals surface area contributed by atoms with Gasteiger partial charge in [0.25, 0.3) is 0 Å². The number of carbonyl (C=O) groups is 1. The van der Waals surface area contributed by atoms with Crippen LogP contribution in [0, 0.1) is 0 Å². The maximum absolute atomic E-state index is 13.5. The van der Waals surface area contributed by atoms with Crippen molar-refractivity contribution in [3.8, 4) is 17.1 Å². The number of hydrogen-bond acceptors (Lipinski definition) is 5. The lowest BCUT2D eigenvalue weighted by molar-refractivity contribution is -0.137. The quantitative estimate of drug-likeness (QED) is 0.315. The molecule has 1 unspecified atom stereocenters. The molecule has 0 saturated carbocycles. The summed E-state index contributed by atoms with van der Waals surface area (Å²) < 4.78 is 43.9. The van der Waals surface area contributed by atoms with Gasteiger partial charge >= 0.3 is 6.18 Å². The van der Waals surface area contributed by atoms with Crippen molar-refractivity contribution in [1.29, 1.82) is 0 Å². The molecular weight excluding hydrogens is 495 g/mol. The minimum Gasteiger partial charge on any atom is -0.497 e. The van der Waals surface area contributed by atoms with E-state index in [1.54, 1.807) is 25.4 Å². The smallest absolute Gasteiger partial charge is 0.416 e. The Bertz CT molecular complexity index is 1430. The number of carbonyl (C=O) groups excluding carboxylic acids is 1. The third kappa shape index (κ3) is 4.93. The van der Waals surface area contributed by atoms with Crippen molar-refractivity contribution in [2.24, 2.45) is 0 Å². The molecule has 1 aliphatic heterocycles. The van der Waals surface area contributed by atoms with Crippen molar-refractivity contribution in [2.45, 2.75) is 31.5 Å². The van der Waals surface area contributed by atoms with Crippen LogP contribution in [0.4, 0.5) is 24.5 Å². The fourth-order valence-corrected chi connectivity index (χ4v) is 4.60. The number of amides is 1. The zero-order chi connectivity index (χ0) is 26.9. The van der Waals surface area contributed by atoms with Gasteiger partial charge in [-0.25, -0.2) is 0 Å². The topological polar surface area (TPSA) is 83.1 Å². The van der Waals surface area contributed by atoms with E-state index in [1.807, 2.05) is 42.2 Å². The van der Waals surface area contributed by atoms with Crippen LogP contribution in [0.1, 0.15) is 30.2 Å². The molecule has 2 aromatic heterocycles. The minimum absolute atomic E-state index is 0.00708. The predicted molar refractivity (Wildman–Crippen MR) is 137 cm³/mol. The summed E-state index contributed by atoms with van der Waals surface area (Å²) in [7, 11) is 1.61. The number of alkyl halides is 3. The summed E-state index contributed by atoms with van der Waals surface area (Å²) in [5.41, 5.74) is 2.30. The number of nitrogens with zero attached hydrogens (tertiary/aromatic N) is 3. The van der Waals surface area contributed by atoms with Gasteiger partial charge in [0.15, 0.2) is 0 Å². The van der Waals surface area contributed by atoms with Gasteiger partial charge < -0.3 is 15.0 Å². The highest BCUT2D eigenvalue weighted by atomic mass is 19.4. The molecule has 196 valence electrons. The normalized spacial score (nSPS) is 17.6. The van der Waals surface area contributed by atoms with Crippen molar-refractivity contribution in [2.75, 3.05) is 19.0 Å². The van der Waals surface area contributed by atoms with Crippen molar-refractivity contribution >= 4 is 17.3 Å². The van der Waals surface area contributed by atoms with E-state index in [-0.39, 0.29) is 5.91 Å². The van der Waals surface area contributed by atoms with Crippen molar-refractivity contribution in [1.82, 2.24) is 20.1 Å². The fraction of sp³-hybridized carbons (Fsp3) is 0.250. The summed E-state index contributed by atoms with van der Waals surface area (Å²) >= 11 is 0. The monoisotopic (exact) mass is 521 g/mol. The second-order valence-corrected chi connectivity index (χ2v) is 9.42. The number of halogens is 3. The first-order valence-electron chi connectivity index (χ1n) is 12.1. The molecule has 5 rings (SSSR count). The lowest BCUT2D eigenvalue weighted by atomic mass is 9.85. The first-order chi connectivity index (χ1) is 18.2. The van der Waals surface area contributed by atoms with Crippen LogP contribution in [-0.4, -0.2) is 39.6 Å². The van der Waals surface area contributed by atoms with Crippen LogP contribution in [0.2, 0.25) is 0 Å². The van der Waals surface area contributed by atoms with E-state index in [0.29, 0.717) is 48.0 Å². The number of hydrogen-bond donors (Lipinski definition) is 2. The Kier molecular flexibility index (Phi) is 6.56. The fourth-order valence-electron chi connectivity index (χ4n) is 4.60. The molecule has 0 radical (unpaired) electrons. The zero-order valence-electron chi connectivity index (χ0n) is 20.8. The third-order valence-electron chi connectivity index (χ3n) is 6.89. The molecule has 0 aliphatic carbocycles. The van der Waals surface area contributed by atoms with Crippen LogP contribution in [0.25, 0.3) is 11.4 Å². The Morgan fingerprint density at radius 3 is 2.53 bits per heavy atom. The van der Waals surface area contributed by atoms with Gasteiger partial charge in [0.1, 0.15) is 17.1 Å². The highest BCUT2D eigenvalue weighted by molar-refractivity contribution is 5.90. The summed E-state index contributed by atoms with van der Waals surface area (Å²) in [5.74, 6) is 0.769. The number of likely N-dealkylation sites (tertiary alicyclic amines) is 1. The van der Waals surface area contributed by atoms with Crippen LogP contribution in [0.3, 0.4) is 0 Å². The van der Waals surface area contributed by atoms with E-state index in [2.05, 4.69) is 20.5 Å². The first kappa shape index (κ1) is 25.3. The van der Waals surface area contributed by atoms with E-state index in [4.69, 9.17) is 4.74 Å². The van der Waals surface area contributed by atoms with Gasteiger partial charge in [-0.2, -0.15) is 18.3 Å². The summed E-state index contributed by atoms with van der Waals surface area (Å²) in [4.78, 5) is 19.7. The Labute approximate surface area is 217 Å². The minimum atomic E-state index is -4.40. The summed E-state index contributed by atoms with van der Waals surface area (Å²) in [6, 6.07) is 17.7. The average Bonchev–Trinajstić information content (AvgIpc) is 3.52. The van der Waals surface area contributed by atoms with E-state index >= 15 is 0 Å². The third-order valence-corrected chi connectivity index (χ3v) is 6.89. The highest BCUT2D eigenvalue weighted by Crippen LogP contribution is 2.38. The van der Waals surface area contributed by atoms with E-state index < -0.39 is 17.2 Å². The number of pyridine rings is 1. The maximum Gasteiger partial charge on any atom is 0.416 e. The molecular formula is C28H26F3N5O2. The molecule has 38 heavy (non-hydrogen) atoms. The zero-order valence-corrected chi connectivity index (χ0v) is 20.8. The molecule has 1 fully saturated rings. The number of nitrogens with one attached hydrogen (secondary N) is 2. The molecule has 0 bridgehead atoms. The van der Waals surface area contributed by atoms with Crippen LogP contribution >= 0.6 is 0 Å².